The van der Waals surface area contributed by atoms with Gasteiger partial charge in [-0.3, -0.25) is 14.6 Å². The number of esters is 2. The van der Waals surface area contributed by atoms with Gasteiger partial charge in [0.1, 0.15) is 24.4 Å². The van der Waals surface area contributed by atoms with Crippen LogP contribution < -0.4 is 29.0 Å². The number of fused-ring (bicyclic) bond motifs is 10. The summed E-state index contributed by atoms with van der Waals surface area (Å²) in [5.41, 5.74) is 5.40. The molecule has 1 saturated heterocycles. The van der Waals surface area contributed by atoms with Gasteiger partial charge in [-0.25, -0.2) is 4.79 Å². The second kappa shape index (κ2) is 13.5. The van der Waals surface area contributed by atoms with E-state index in [9.17, 15) is 25.1 Å². The van der Waals surface area contributed by atoms with Crippen LogP contribution in [0.1, 0.15) is 74.8 Å². The zero-order chi connectivity index (χ0) is 38.3. The first kappa shape index (κ1) is 36.1. The Morgan fingerprint density at radius 3 is 2.52 bits per heavy atom. The standard InChI is InChI=1S/C39H42N4O10S/c1-16-9-20-10-22-23(13-40)43-24(14-50-39(47)30-21-12-26(48-5)25(45)11-19(21)7-8-41-30)28-29(35(53-18(3)44)17(2)36-37(28)52-15-51-36)38(54)32(43)31(42(22)4)27(20)33(46)34(16)49-6/h9,11-12,22-24,30-32,38,41,45-46,54H,7-8,10,14-15H2,1-6H3/t22-,23-,24-,30-,31+,32+,38+/m0/s1. The number of carbonyl (C=O) groups excluding carboxylic acids is 2. The Hall–Kier alpha value is -4.88. The molecule has 5 aliphatic heterocycles. The summed E-state index contributed by atoms with van der Waals surface area (Å²) < 4.78 is 35.3. The van der Waals surface area contributed by atoms with Gasteiger partial charge < -0.3 is 44.0 Å². The molecule has 0 unspecified atom stereocenters. The molecule has 5 heterocycles. The first-order valence-corrected chi connectivity index (χ1v) is 18.3. The number of methoxy groups -OCH3 is 2. The maximum atomic E-state index is 14.2. The van der Waals surface area contributed by atoms with E-state index in [1.165, 1.54) is 21.1 Å². The van der Waals surface area contributed by atoms with Gasteiger partial charge in [0.05, 0.1) is 32.4 Å². The molecule has 0 aromatic heterocycles. The van der Waals surface area contributed by atoms with E-state index in [1.54, 1.807) is 19.1 Å². The maximum Gasteiger partial charge on any atom is 0.327 e. The number of phenolic OH excluding ortho intramolecular Hbond substituents is 2. The fourth-order valence-electron chi connectivity index (χ4n) is 9.47. The van der Waals surface area contributed by atoms with E-state index < -0.39 is 47.4 Å². The maximum absolute atomic E-state index is 14.2. The van der Waals surface area contributed by atoms with Crippen molar-refractivity contribution in [2.24, 2.45) is 0 Å². The van der Waals surface area contributed by atoms with Crippen LogP contribution in [-0.2, 0) is 27.2 Å². The lowest BCUT2D eigenvalue weighted by Gasteiger charge is -2.61. The molecule has 284 valence electrons. The van der Waals surface area contributed by atoms with Crippen LogP contribution in [0.3, 0.4) is 0 Å². The summed E-state index contributed by atoms with van der Waals surface area (Å²) in [6.45, 7) is 5.13. The van der Waals surface area contributed by atoms with E-state index >= 15 is 0 Å². The first-order valence-electron chi connectivity index (χ1n) is 17.8. The highest BCUT2D eigenvalue weighted by Gasteiger charge is 2.59. The van der Waals surface area contributed by atoms with Crippen LogP contribution in [0.15, 0.2) is 18.2 Å². The lowest BCUT2D eigenvalue weighted by Crippen LogP contribution is -2.69. The van der Waals surface area contributed by atoms with Crippen LogP contribution in [0.5, 0.6) is 40.2 Å². The van der Waals surface area contributed by atoms with Gasteiger partial charge in [-0.15, -0.1) is 0 Å². The predicted octanol–water partition coefficient (Wildman–Crippen LogP) is 4.02. The molecular formula is C39H42N4O10S. The number of likely N-dealkylation sites (N-methyl/N-ethyl adjacent to an activating group) is 1. The van der Waals surface area contributed by atoms with E-state index in [-0.39, 0.29) is 42.4 Å². The van der Waals surface area contributed by atoms with Gasteiger partial charge in [0, 0.05) is 53.1 Å². The van der Waals surface area contributed by atoms with E-state index in [2.05, 4.69) is 16.3 Å². The van der Waals surface area contributed by atoms with Crippen molar-refractivity contribution in [2.75, 3.05) is 41.2 Å². The molecule has 15 heteroatoms. The van der Waals surface area contributed by atoms with Crippen LogP contribution in [0, 0.1) is 25.2 Å². The fourth-order valence-corrected chi connectivity index (χ4v) is 10.0. The molecule has 2 bridgehead atoms. The molecule has 0 saturated carbocycles. The predicted molar refractivity (Wildman–Crippen MR) is 196 cm³/mol. The van der Waals surface area contributed by atoms with Crippen molar-refractivity contribution in [3.05, 3.63) is 62.7 Å². The first-order chi connectivity index (χ1) is 25.9. The number of aryl methyl sites for hydroxylation is 1. The Morgan fingerprint density at radius 1 is 1.06 bits per heavy atom. The Labute approximate surface area is 317 Å². The van der Waals surface area contributed by atoms with Gasteiger partial charge in [-0.2, -0.15) is 17.9 Å². The summed E-state index contributed by atoms with van der Waals surface area (Å²) in [7, 11) is 4.90. The highest BCUT2D eigenvalue weighted by molar-refractivity contribution is 7.80. The monoisotopic (exact) mass is 758 g/mol. The number of benzene rings is 3. The molecule has 3 aromatic carbocycles. The highest BCUT2D eigenvalue weighted by Crippen LogP contribution is 2.62. The number of hydrogen-bond acceptors (Lipinski definition) is 15. The number of hydrogen-bond donors (Lipinski definition) is 4. The van der Waals surface area contributed by atoms with Crippen molar-refractivity contribution < 1.29 is 48.2 Å². The van der Waals surface area contributed by atoms with E-state index in [0.29, 0.717) is 64.5 Å². The largest absolute Gasteiger partial charge is 0.504 e. The number of nitriles is 1. The van der Waals surface area contributed by atoms with Gasteiger partial charge in [-0.1, -0.05) is 6.07 Å². The van der Waals surface area contributed by atoms with Crippen molar-refractivity contribution in [3.8, 4) is 46.3 Å². The van der Waals surface area contributed by atoms with Gasteiger partial charge >= 0.3 is 11.9 Å². The van der Waals surface area contributed by atoms with Crippen molar-refractivity contribution in [3.63, 3.8) is 0 Å². The van der Waals surface area contributed by atoms with E-state index in [4.69, 9.17) is 41.0 Å². The third-order valence-corrected chi connectivity index (χ3v) is 12.3. The van der Waals surface area contributed by atoms with Gasteiger partial charge in [0.15, 0.2) is 34.5 Å². The number of carbonyl (C=O) groups is 2. The van der Waals surface area contributed by atoms with Crippen LogP contribution in [-0.4, -0.2) is 91.3 Å². The molecule has 0 amide bonds. The third kappa shape index (κ3) is 5.25. The molecular weight excluding hydrogens is 717 g/mol. The number of thiol groups is 1. The lowest BCUT2D eigenvalue weighted by atomic mass is 9.71. The summed E-state index contributed by atoms with van der Waals surface area (Å²) >= 11 is 5.29. The molecule has 3 N–H and O–H groups in total. The number of nitrogens with one attached hydrogen (secondary N) is 1. The van der Waals surface area contributed by atoms with Gasteiger partial charge in [0.2, 0.25) is 6.79 Å². The van der Waals surface area contributed by atoms with Crippen molar-refractivity contribution in [2.45, 2.75) is 75.1 Å². The normalized spacial score (nSPS) is 26.4. The minimum absolute atomic E-state index is 0.0121. The zero-order valence-corrected chi connectivity index (χ0v) is 31.7. The Balaban J connectivity index is 1.30. The summed E-state index contributed by atoms with van der Waals surface area (Å²) in [6, 6.07) is 3.95. The summed E-state index contributed by atoms with van der Waals surface area (Å²) in [4.78, 5) is 31.0. The zero-order valence-electron chi connectivity index (χ0n) is 30.8. The van der Waals surface area contributed by atoms with Crippen LogP contribution in [0.4, 0.5) is 0 Å². The van der Waals surface area contributed by atoms with Crippen LogP contribution in [0.2, 0.25) is 0 Å². The number of phenols is 2. The molecule has 0 radical (unpaired) electrons. The Morgan fingerprint density at radius 2 is 1.81 bits per heavy atom. The lowest BCUT2D eigenvalue weighted by molar-refractivity contribution is -0.152. The highest BCUT2D eigenvalue weighted by atomic mass is 32.1. The SMILES string of the molecule is COc1cc2c(cc1O)CCN[C@@H]2C(=O)OC[C@H]1c2c3c(c(C)c(OC(C)=O)c2[C@@H](S)[C@H]2[C@H]4c5c(cc(C)c(OC)c5O)C[C@@H]([C@H](C#N)N21)N4C)OCO3. The summed E-state index contributed by atoms with van der Waals surface area (Å²) in [5, 5.41) is 35.9. The number of aromatic hydroxyl groups is 2. The smallest absolute Gasteiger partial charge is 0.327 e. The number of piperazine rings is 1. The molecule has 1 fully saturated rings. The summed E-state index contributed by atoms with van der Waals surface area (Å²) in [6.07, 6.45) is 1.05. The molecule has 5 aliphatic rings. The third-order valence-electron chi connectivity index (χ3n) is 11.7. The quantitative estimate of drug-likeness (QED) is 0.161. The van der Waals surface area contributed by atoms with E-state index in [1.807, 2.05) is 24.9 Å². The van der Waals surface area contributed by atoms with Gasteiger partial charge in [0.25, 0.3) is 0 Å². The Kier molecular flexibility index (Phi) is 9.00. The minimum Gasteiger partial charge on any atom is -0.504 e. The molecule has 3 aromatic rings. The van der Waals surface area contributed by atoms with Crippen molar-refractivity contribution >= 4 is 24.6 Å². The second-order valence-corrected chi connectivity index (χ2v) is 15.0. The van der Waals surface area contributed by atoms with Crippen LogP contribution >= 0.6 is 12.6 Å². The molecule has 8 rings (SSSR count). The van der Waals surface area contributed by atoms with Gasteiger partial charge in [-0.05, 0) is 68.1 Å². The second-order valence-electron chi connectivity index (χ2n) is 14.4. The molecule has 0 aliphatic carbocycles. The Bertz CT molecular complexity index is 2140. The minimum atomic E-state index is -0.863. The summed E-state index contributed by atoms with van der Waals surface area (Å²) in [5.74, 6) is 0.516. The molecule has 14 nitrogen and oxygen atoms in total. The number of nitrogens with zero attached hydrogens (tertiary/aromatic N) is 3. The van der Waals surface area contributed by atoms with Crippen molar-refractivity contribution in [1.82, 2.24) is 15.1 Å². The van der Waals surface area contributed by atoms with Crippen molar-refractivity contribution in [1.29, 1.82) is 5.26 Å². The van der Waals surface area contributed by atoms with Crippen LogP contribution in [0.25, 0.3) is 0 Å². The fraction of sp³-hybridized carbons (Fsp3) is 0.462. The number of ether oxygens (including phenoxy) is 6. The van der Waals surface area contributed by atoms with E-state index in [0.717, 1.165) is 16.7 Å². The number of rotatable bonds is 6. The molecule has 54 heavy (non-hydrogen) atoms. The topological polar surface area (TPSA) is 172 Å². The average molecular weight is 759 g/mol. The molecule has 0 spiro atoms. The molecule has 7 atom stereocenters. The average Bonchev–Trinajstić information content (AvgIpc) is 3.63.